The minimum absolute atomic E-state index is 0.00386. The van der Waals surface area contributed by atoms with Gasteiger partial charge in [0.05, 0.1) is 13.4 Å². The molecule has 2 N–H and O–H groups in total. The zero-order valence-electron chi connectivity index (χ0n) is 18.0. The lowest BCUT2D eigenvalue weighted by atomic mass is 9.84. The van der Waals surface area contributed by atoms with E-state index in [1.54, 1.807) is 13.4 Å². The maximum atomic E-state index is 13.0. The zero-order chi connectivity index (χ0) is 21.8. The van der Waals surface area contributed by atoms with Crippen LogP contribution >= 0.6 is 0 Å². The summed E-state index contributed by atoms with van der Waals surface area (Å²) in [5.41, 5.74) is 1.47. The van der Waals surface area contributed by atoms with E-state index in [2.05, 4.69) is 10.3 Å². The highest BCUT2D eigenvalue weighted by Gasteiger charge is 2.30. The van der Waals surface area contributed by atoms with Gasteiger partial charge in [0.15, 0.2) is 0 Å². The van der Waals surface area contributed by atoms with Crippen molar-refractivity contribution in [3.63, 3.8) is 0 Å². The van der Waals surface area contributed by atoms with Gasteiger partial charge < -0.3 is 24.4 Å². The Balaban J connectivity index is 1.28. The van der Waals surface area contributed by atoms with Crippen LogP contribution in [0, 0.1) is 11.8 Å². The number of methoxy groups -OCH3 is 1. The number of hydrogen-bond acceptors (Lipinski definition) is 4. The summed E-state index contributed by atoms with van der Waals surface area (Å²) in [4.78, 5) is 30.6. The van der Waals surface area contributed by atoms with Gasteiger partial charge in [0.1, 0.15) is 17.2 Å². The van der Waals surface area contributed by atoms with Crippen LogP contribution in [0.2, 0.25) is 0 Å². The van der Waals surface area contributed by atoms with Crippen LogP contribution in [0.4, 0.5) is 0 Å². The highest BCUT2D eigenvalue weighted by Crippen LogP contribution is 2.27. The predicted molar refractivity (Wildman–Crippen MR) is 118 cm³/mol. The molecule has 1 unspecified atom stereocenters. The molecule has 1 atom stereocenters. The number of nitrogens with one attached hydrogen (secondary N) is 2. The maximum Gasteiger partial charge on any atom is 0.270 e. The van der Waals surface area contributed by atoms with Crippen LogP contribution < -0.4 is 10.1 Å². The van der Waals surface area contributed by atoms with Crippen molar-refractivity contribution in [1.82, 2.24) is 15.2 Å². The van der Waals surface area contributed by atoms with Crippen LogP contribution in [0.25, 0.3) is 10.9 Å². The Bertz CT molecular complexity index is 1030. The summed E-state index contributed by atoms with van der Waals surface area (Å²) in [7, 11) is 1.63. The summed E-state index contributed by atoms with van der Waals surface area (Å²) in [5, 5.41) is 3.99. The molecule has 7 heteroatoms. The second kappa shape index (κ2) is 9.29. The third kappa shape index (κ3) is 4.76. The average molecular weight is 424 g/mol. The van der Waals surface area contributed by atoms with Crippen molar-refractivity contribution in [2.75, 3.05) is 26.7 Å². The molecule has 0 saturated carbocycles. The van der Waals surface area contributed by atoms with Crippen LogP contribution in [-0.4, -0.2) is 48.4 Å². The number of benzene rings is 1. The number of nitrogens with zero attached hydrogens (tertiary/aromatic N) is 1. The van der Waals surface area contributed by atoms with Gasteiger partial charge >= 0.3 is 0 Å². The number of likely N-dealkylation sites (tertiary alicyclic amines) is 1. The smallest absolute Gasteiger partial charge is 0.270 e. The van der Waals surface area contributed by atoms with E-state index in [-0.39, 0.29) is 23.7 Å². The summed E-state index contributed by atoms with van der Waals surface area (Å²) < 4.78 is 10.5. The summed E-state index contributed by atoms with van der Waals surface area (Å²) in [6.45, 7) is 3.87. The van der Waals surface area contributed by atoms with E-state index < -0.39 is 0 Å². The lowest BCUT2D eigenvalue weighted by molar-refractivity contribution is -0.126. The molecule has 1 fully saturated rings. The molecule has 2 aromatic heterocycles. The predicted octanol–water partition coefficient (Wildman–Crippen LogP) is 3.62. The fourth-order valence-electron chi connectivity index (χ4n) is 4.26. The van der Waals surface area contributed by atoms with Gasteiger partial charge in [-0.15, -0.1) is 0 Å². The quantitative estimate of drug-likeness (QED) is 0.608. The van der Waals surface area contributed by atoms with E-state index in [0.717, 1.165) is 35.3 Å². The van der Waals surface area contributed by atoms with E-state index in [1.807, 2.05) is 48.2 Å². The Kier molecular flexibility index (Phi) is 6.30. The molecule has 0 radical (unpaired) electrons. The molecular formula is C24H29N3O4. The minimum Gasteiger partial charge on any atom is -0.497 e. The Hall–Kier alpha value is -3.22. The third-order valence-electron chi connectivity index (χ3n) is 6.26. The van der Waals surface area contributed by atoms with Crippen LogP contribution in [0.1, 0.15) is 36.0 Å². The van der Waals surface area contributed by atoms with Crippen molar-refractivity contribution in [2.24, 2.45) is 11.8 Å². The van der Waals surface area contributed by atoms with Crippen LogP contribution in [0.5, 0.6) is 5.75 Å². The van der Waals surface area contributed by atoms with Crippen molar-refractivity contribution < 1.29 is 18.7 Å². The summed E-state index contributed by atoms with van der Waals surface area (Å²) in [6.07, 6.45) is 3.98. The van der Waals surface area contributed by atoms with Gasteiger partial charge in [-0.25, -0.2) is 0 Å². The number of H-pyrrole nitrogens is 1. The van der Waals surface area contributed by atoms with E-state index in [9.17, 15) is 9.59 Å². The Labute approximate surface area is 181 Å². The Morgan fingerprint density at radius 3 is 2.77 bits per heavy atom. The second-order valence-electron chi connectivity index (χ2n) is 8.17. The molecule has 31 heavy (non-hydrogen) atoms. The molecule has 0 bridgehead atoms. The van der Waals surface area contributed by atoms with Gasteiger partial charge in [0.25, 0.3) is 5.91 Å². The monoisotopic (exact) mass is 423 g/mol. The third-order valence-corrected chi connectivity index (χ3v) is 6.26. The number of fused-ring (bicyclic) bond motifs is 1. The molecule has 0 aliphatic carbocycles. The number of carbonyl (C=O) groups is 2. The molecule has 1 aliphatic rings. The number of aromatic amines is 1. The fourth-order valence-corrected chi connectivity index (χ4v) is 4.26. The lowest BCUT2D eigenvalue weighted by Gasteiger charge is -2.34. The molecule has 164 valence electrons. The normalized spacial score (nSPS) is 15.7. The summed E-state index contributed by atoms with van der Waals surface area (Å²) in [6, 6.07) is 11.4. The molecule has 3 heterocycles. The molecule has 1 aliphatic heterocycles. The van der Waals surface area contributed by atoms with Crippen LogP contribution in [0.3, 0.4) is 0 Å². The summed E-state index contributed by atoms with van der Waals surface area (Å²) in [5.74, 6) is 1.90. The molecular weight excluding hydrogens is 394 g/mol. The zero-order valence-corrected chi connectivity index (χ0v) is 18.0. The molecule has 1 aromatic carbocycles. The number of rotatable bonds is 7. The van der Waals surface area contributed by atoms with Gasteiger partial charge in [-0.3, -0.25) is 9.59 Å². The molecule has 7 nitrogen and oxygen atoms in total. The average Bonchev–Trinajstić information content (AvgIpc) is 3.47. The largest absolute Gasteiger partial charge is 0.497 e. The van der Waals surface area contributed by atoms with Crippen molar-refractivity contribution in [3.8, 4) is 5.75 Å². The SMILES string of the molecule is COc1ccc2cc(C(=O)N3CCC(C(C)C(=O)NCCc4ccco4)CC3)[nH]c2c1. The molecule has 2 amide bonds. The van der Waals surface area contributed by atoms with Crippen LogP contribution in [0.15, 0.2) is 47.1 Å². The minimum atomic E-state index is -0.0746. The van der Waals surface area contributed by atoms with E-state index in [1.165, 1.54) is 0 Å². The standard InChI is InChI=1S/C24H29N3O4/c1-16(23(28)25-10-7-19-4-3-13-31-19)17-8-11-27(12-9-17)24(29)22-14-18-5-6-20(30-2)15-21(18)26-22/h3-6,13-17,26H,7-12H2,1-2H3,(H,25,28). The van der Waals surface area contributed by atoms with E-state index >= 15 is 0 Å². The fraction of sp³-hybridized carbons (Fsp3) is 0.417. The number of aromatic nitrogens is 1. The first-order chi connectivity index (χ1) is 15.0. The maximum absolute atomic E-state index is 13.0. The number of piperidine rings is 1. The molecule has 1 saturated heterocycles. The molecule has 4 rings (SSSR count). The van der Waals surface area contributed by atoms with E-state index in [0.29, 0.717) is 31.7 Å². The van der Waals surface area contributed by atoms with Gasteiger partial charge in [-0.1, -0.05) is 6.92 Å². The van der Waals surface area contributed by atoms with Gasteiger partial charge in [0.2, 0.25) is 5.91 Å². The van der Waals surface area contributed by atoms with Crippen molar-refractivity contribution >= 4 is 22.7 Å². The Morgan fingerprint density at radius 2 is 2.06 bits per heavy atom. The van der Waals surface area contributed by atoms with Crippen LogP contribution in [-0.2, 0) is 11.2 Å². The van der Waals surface area contributed by atoms with E-state index in [4.69, 9.17) is 9.15 Å². The van der Waals surface area contributed by atoms with Gasteiger partial charge in [0, 0.05) is 48.9 Å². The number of carbonyl (C=O) groups excluding carboxylic acids is 2. The summed E-state index contributed by atoms with van der Waals surface area (Å²) >= 11 is 0. The Morgan fingerprint density at radius 1 is 1.26 bits per heavy atom. The topological polar surface area (TPSA) is 87.6 Å². The first kappa shape index (κ1) is 21.0. The molecule has 0 spiro atoms. The number of furan rings is 1. The highest BCUT2D eigenvalue weighted by atomic mass is 16.5. The first-order valence-corrected chi connectivity index (χ1v) is 10.8. The first-order valence-electron chi connectivity index (χ1n) is 10.8. The lowest BCUT2D eigenvalue weighted by Crippen LogP contribution is -2.43. The van der Waals surface area contributed by atoms with Gasteiger partial charge in [-0.05, 0) is 49.1 Å². The number of hydrogen-bond donors (Lipinski definition) is 2. The van der Waals surface area contributed by atoms with Crippen molar-refractivity contribution in [1.29, 1.82) is 0 Å². The second-order valence-corrected chi connectivity index (χ2v) is 8.17. The van der Waals surface area contributed by atoms with Crippen molar-refractivity contribution in [3.05, 3.63) is 54.1 Å². The van der Waals surface area contributed by atoms with Gasteiger partial charge in [-0.2, -0.15) is 0 Å². The molecule has 3 aromatic rings. The highest BCUT2D eigenvalue weighted by molar-refractivity contribution is 5.98. The number of ether oxygens (including phenoxy) is 1. The number of amides is 2. The van der Waals surface area contributed by atoms with Crippen molar-refractivity contribution in [2.45, 2.75) is 26.2 Å².